The maximum absolute atomic E-state index is 12.8. The first-order valence-corrected chi connectivity index (χ1v) is 13.0. The van der Waals surface area contributed by atoms with Crippen molar-refractivity contribution in [1.82, 2.24) is 20.3 Å². The van der Waals surface area contributed by atoms with Crippen molar-refractivity contribution < 1.29 is 13.2 Å². The molecule has 8 nitrogen and oxygen atoms in total. The highest BCUT2D eigenvalue weighted by Crippen LogP contribution is 2.27. The number of amides is 2. The Morgan fingerprint density at radius 2 is 1.93 bits per heavy atom. The summed E-state index contributed by atoms with van der Waals surface area (Å²) in [7, 11) is -3.77. The van der Waals surface area contributed by atoms with Crippen LogP contribution in [0.3, 0.4) is 0 Å². The van der Waals surface area contributed by atoms with Crippen LogP contribution in [0, 0.1) is 11.5 Å². The van der Waals surface area contributed by atoms with E-state index < -0.39 is 16.1 Å². The smallest absolute Gasteiger partial charge is 0.315 e. The quantitative estimate of drug-likeness (QED) is 0.461. The lowest BCUT2D eigenvalue weighted by Crippen LogP contribution is -2.46. The number of hydrogen-bond donors (Lipinski definition) is 3. The molecule has 1 saturated heterocycles. The van der Waals surface area contributed by atoms with Crippen LogP contribution in [0.1, 0.15) is 38.5 Å². The van der Waals surface area contributed by atoms with Gasteiger partial charge < -0.3 is 15.5 Å². The molecule has 1 aromatic rings. The lowest BCUT2D eigenvalue weighted by atomic mass is 9.96. The maximum Gasteiger partial charge on any atom is 0.315 e. The van der Waals surface area contributed by atoms with Crippen molar-refractivity contribution in [3.63, 3.8) is 0 Å². The van der Waals surface area contributed by atoms with E-state index in [9.17, 15) is 18.5 Å². The fourth-order valence-electron chi connectivity index (χ4n) is 3.98. The van der Waals surface area contributed by atoms with E-state index in [4.69, 9.17) is 0 Å². The molecule has 2 atom stereocenters. The molecule has 1 saturated carbocycles. The summed E-state index contributed by atoms with van der Waals surface area (Å²) in [5.74, 6) is 0. The van der Waals surface area contributed by atoms with Gasteiger partial charge in [-0.25, -0.2) is 17.9 Å². The van der Waals surface area contributed by atoms with Gasteiger partial charge in [-0.15, -0.1) is 0 Å². The molecule has 0 spiro atoms. The van der Waals surface area contributed by atoms with Crippen LogP contribution in [0.15, 0.2) is 32.0 Å². The van der Waals surface area contributed by atoms with Crippen molar-refractivity contribution >= 4 is 47.9 Å². The largest absolute Gasteiger partial charge is 0.336 e. The molecule has 2 fully saturated rings. The minimum atomic E-state index is -3.77. The first-order chi connectivity index (χ1) is 14.3. The van der Waals surface area contributed by atoms with E-state index in [-0.39, 0.29) is 36.1 Å². The molecule has 0 unspecified atom stereocenters. The van der Waals surface area contributed by atoms with Gasteiger partial charge in [0, 0.05) is 34.1 Å². The zero-order valence-electron chi connectivity index (χ0n) is 16.4. The number of likely N-dealkylation sites (tertiary alicyclic amines) is 1. The van der Waals surface area contributed by atoms with E-state index in [1.807, 2.05) is 0 Å². The molecule has 2 aliphatic rings. The molecule has 164 valence electrons. The Morgan fingerprint density at radius 3 is 2.63 bits per heavy atom. The molecule has 0 bridgehead atoms. The van der Waals surface area contributed by atoms with Crippen LogP contribution >= 0.6 is 31.9 Å². The van der Waals surface area contributed by atoms with Crippen molar-refractivity contribution in [1.29, 1.82) is 5.26 Å². The zero-order chi connectivity index (χ0) is 21.7. The number of urea groups is 1. The molecule has 0 aromatic heterocycles. The summed E-state index contributed by atoms with van der Waals surface area (Å²) in [5, 5.41) is 15.3. The summed E-state index contributed by atoms with van der Waals surface area (Å²) in [6.45, 7) is 0.545. The van der Waals surface area contributed by atoms with Crippen molar-refractivity contribution in [3.8, 4) is 6.19 Å². The molecule has 1 aromatic carbocycles. The van der Waals surface area contributed by atoms with Gasteiger partial charge in [0.15, 0.2) is 6.19 Å². The molecular weight excluding hydrogens is 538 g/mol. The second kappa shape index (κ2) is 10.3. The standard InChI is InChI=1S/C19H25Br2N5O3S/c20-13-6-7-17(21)18(8-13)30(28,29)25-15-9-16(26(11-15)12-22)10-23-19(27)24-14-4-2-1-3-5-14/h6-8,14-16,25H,1-5,9-11H2,(H2,23,24,27)/t15-,16-/m1/s1. The zero-order valence-corrected chi connectivity index (χ0v) is 20.4. The lowest BCUT2D eigenvalue weighted by molar-refractivity contribution is 0.229. The molecule has 3 N–H and O–H groups in total. The van der Waals surface area contributed by atoms with Crippen LogP contribution in [-0.2, 0) is 10.0 Å². The highest BCUT2D eigenvalue weighted by atomic mass is 79.9. The monoisotopic (exact) mass is 561 g/mol. The minimum absolute atomic E-state index is 0.133. The Kier molecular flexibility index (Phi) is 8.01. The average Bonchev–Trinajstić information content (AvgIpc) is 3.10. The SMILES string of the molecule is N#CN1C[C@H](NS(=O)(=O)c2cc(Br)ccc2Br)C[C@@H]1CNC(=O)NC1CCCCC1. The Morgan fingerprint density at radius 1 is 1.20 bits per heavy atom. The number of nitrogens with zero attached hydrogens (tertiary/aromatic N) is 2. The predicted molar refractivity (Wildman–Crippen MR) is 120 cm³/mol. The number of sulfonamides is 1. The van der Waals surface area contributed by atoms with Gasteiger partial charge in [0.25, 0.3) is 0 Å². The molecule has 0 radical (unpaired) electrons. The summed E-state index contributed by atoms with van der Waals surface area (Å²) in [6.07, 6.45) is 8.01. The lowest BCUT2D eigenvalue weighted by Gasteiger charge is -2.24. The third-order valence-electron chi connectivity index (χ3n) is 5.49. The second-order valence-corrected chi connectivity index (χ2v) is 11.2. The molecule has 1 aliphatic heterocycles. The first kappa shape index (κ1) is 23.3. The number of benzene rings is 1. The van der Waals surface area contributed by atoms with Crippen LogP contribution in [0.2, 0.25) is 0 Å². The summed E-state index contributed by atoms with van der Waals surface area (Å²) in [5.41, 5.74) is 0. The third kappa shape index (κ3) is 6.09. The van der Waals surface area contributed by atoms with Crippen molar-refractivity contribution in [2.45, 2.75) is 61.5 Å². The minimum Gasteiger partial charge on any atom is -0.336 e. The number of halogens is 2. The number of carbonyl (C=O) groups is 1. The van der Waals surface area contributed by atoms with Crippen LogP contribution in [0.5, 0.6) is 0 Å². The Bertz CT molecular complexity index is 915. The fraction of sp³-hybridized carbons (Fsp3) is 0.579. The summed E-state index contributed by atoms with van der Waals surface area (Å²) < 4.78 is 29.4. The summed E-state index contributed by atoms with van der Waals surface area (Å²) in [6, 6.07) is 4.22. The fourth-order valence-corrected chi connectivity index (χ4v) is 6.72. The van der Waals surface area contributed by atoms with Crippen LogP contribution in [0.25, 0.3) is 0 Å². The Balaban J connectivity index is 1.55. The van der Waals surface area contributed by atoms with Gasteiger partial charge in [-0.3, -0.25) is 0 Å². The number of nitrogens with one attached hydrogen (secondary N) is 3. The van der Waals surface area contributed by atoms with Crippen LogP contribution < -0.4 is 15.4 Å². The van der Waals surface area contributed by atoms with Crippen LogP contribution in [-0.4, -0.2) is 50.6 Å². The average molecular weight is 563 g/mol. The highest BCUT2D eigenvalue weighted by Gasteiger charge is 2.35. The van der Waals surface area contributed by atoms with Crippen molar-refractivity contribution in [2.24, 2.45) is 0 Å². The number of rotatable bonds is 6. The normalized spacial score (nSPS) is 22.5. The predicted octanol–water partition coefficient (Wildman–Crippen LogP) is 3.05. The maximum atomic E-state index is 12.8. The van der Waals surface area contributed by atoms with E-state index >= 15 is 0 Å². The second-order valence-electron chi connectivity index (χ2n) is 7.72. The molecule has 1 aliphatic carbocycles. The number of nitriles is 1. The van der Waals surface area contributed by atoms with Gasteiger partial charge in [0.1, 0.15) is 0 Å². The first-order valence-electron chi connectivity index (χ1n) is 9.96. The van der Waals surface area contributed by atoms with Gasteiger partial charge in [-0.2, -0.15) is 5.26 Å². The van der Waals surface area contributed by atoms with E-state index in [0.717, 1.165) is 25.7 Å². The van der Waals surface area contributed by atoms with Crippen molar-refractivity contribution in [2.75, 3.05) is 13.1 Å². The topological polar surface area (TPSA) is 114 Å². The van der Waals surface area contributed by atoms with Gasteiger partial charge in [0.05, 0.1) is 10.9 Å². The third-order valence-corrected chi connectivity index (χ3v) is 8.49. The summed E-state index contributed by atoms with van der Waals surface area (Å²) >= 11 is 6.57. The molecule has 3 rings (SSSR count). The van der Waals surface area contributed by atoms with Crippen LogP contribution in [0.4, 0.5) is 4.79 Å². The Hall–Kier alpha value is -1.35. The molecule has 1 heterocycles. The molecule has 30 heavy (non-hydrogen) atoms. The van der Waals surface area contributed by atoms with E-state index in [2.05, 4.69) is 53.4 Å². The van der Waals surface area contributed by atoms with E-state index in [1.165, 1.54) is 17.4 Å². The molecule has 2 amide bonds. The Labute approximate surface area is 194 Å². The van der Waals surface area contributed by atoms with Crippen molar-refractivity contribution in [3.05, 3.63) is 27.1 Å². The van der Waals surface area contributed by atoms with Gasteiger partial charge in [-0.05, 0) is 53.4 Å². The molecule has 11 heteroatoms. The molecular formula is C19H25Br2N5O3S. The van der Waals surface area contributed by atoms with Gasteiger partial charge >= 0.3 is 6.03 Å². The van der Waals surface area contributed by atoms with E-state index in [0.29, 0.717) is 15.4 Å². The highest BCUT2D eigenvalue weighted by molar-refractivity contribution is 9.11. The van der Waals surface area contributed by atoms with Gasteiger partial charge in [-0.1, -0.05) is 35.2 Å². The number of carbonyl (C=O) groups excluding carboxylic acids is 1. The van der Waals surface area contributed by atoms with Gasteiger partial charge in [0.2, 0.25) is 10.0 Å². The number of hydrogen-bond acceptors (Lipinski definition) is 5. The van der Waals surface area contributed by atoms with E-state index in [1.54, 1.807) is 12.1 Å². The summed E-state index contributed by atoms with van der Waals surface area (Å²) in [4.78, 5) is 13.8.